The fourth-order valence-corrected chi connectivity index (χ4v) is 0.802. The Kier molecular flexibility index (Phi) is 2.45. The summed E-state index contributed by atoms with van der Waals surface area (Å²) in [4.78, 5) is 7.08. The topological polar surface area (TPSA) is 54.7 Å². The molecule has 0 aromatic carbocycles. The van der Waals surface area contributed by atoms with Crippen molar-refractivity contribution in [1.82, 2.24) is 9.97 Å². The lowest BCUT2D eigenvalue weighted by molar-refractivity contribution is 0.629. The van der Waals surface area contributed by atoms with Gasteiger partial charge in [0.15, 0.2) is 0 Å². The fourth-order valence-electron chi connectivity index (χ4n) is 0.802. The maximum absolute atomic E-state index is 5.70. The molecule has 1 heterocycles. The molecule has 3 heteroatoms. The Hall–Kier alpha value is -0.830. The first-order chi connectivity index (χ1) is 4.83. The second-order valence-corrected chi connectivity index (χ2v) is 2.41. The second-order valence-electron chi connectivity index (χ2n) is 2.41. The van der Waals surface area contributed by atoms with E-state index in [2.05, 4.69) is 16.9 Å². The van der Waals surface area contributed by atoms with Crippen LogP contribution in [0, 0.1) is 0 Å². The average molecular weight is 139 g/mol. The molecule has 0 aliphatic carbocycles. The zero-order valence-electron chi connectivity index (χ0n) is 6.17. The minimum absolute atomic E-state index is 0.242. The van der Waals surface area contributed by atoms with Gasteiger partial charge in [-0.05, 0) is 6.42 Å². The van der Waals surface area contributed by atoms with E-state index in [1.54, 1.807) is 6.20 Å². The smallest absolute Gasteiger partial charge is 0.107 e. The summed E-state index contributed by atoms with van der Waals surface area (Å²) in [6.07, 6.45) is 5.42. The molecule has 3 nitrogen and oxygen atoms in total. The lowest BCUT2D eigenvalue weighted by Crippen LogP contribution is -2.21. The highest BCUT2D eigenvalue weighted by Gasteiger charge is 2.01. The van der Waals surface area contributed by atoms with Gasteiger partial charge in [0.1, 0.15) is 5.82 Å². The predicted octanol–water partition coefficient (Wildman–Crippen LogP) is 0.690. The molecule has 1 atom stereocenters. The van der Waals surface area contributed by atoms with Crippen LogP contribution in [0.2, 0.25) is 0 Å². The van der Waals surface area contributed by atoms with Gasteiger partial charge in [-0.2, -0.15) is 0 Å². The van der Waals surface area contributed by atoms with E-state index in [4.69, 9.17) is 5.73 Å². The largest absolute Gasteiger partial charge is 0.349 e. The Bertz CT molecular complexity index is 169. The van der Waals surface area contributed by atoms with Gasteiger partial charge in [0, 0.05) is 24.9 Å². The Morgan fingerprint density at radius 2 is 2.60 bits per heavy atom. The summed E-state index contributed by atoms with van der Waals surface area (Å²) in [6, 6.07) is 0.242. The molecule has 0 aliphatic heterocycles. The maximum atomic E-state index is 5.70. The van der Waals surface area contributed by atoms with Crippen LogP contribution in [0.15, 0.2) is 12.4 Å². The lowest BCUT2D eigenvalue weighted by atomic mass is 10.2. The van der Waals surface area contributed by atoms with Crippen molar-refractivity contribution in [2.75, 3.05) is 0 Å². The van der Waals surface area contributed by atoms with E-state index in [0.717, 1.165) is 18.7 Å². The number of rotatable bonds is 3. The highest BCUT2D eigenvalue weighted by atomic mass is 14.9. The summed E-state index contributed by atoms with van der Waals surface area (Å²) in [5.41, 5.74) is 5.70. The molecule has 1 unspecified atom stereocenters. The van der Waals surface area contributed by atoms with Crippen LogP contribution < -0.4 is 5.73 Å². The molecule has 10 heavy (non-hydrogen) atoms. The summed E-state index contributed by atoms with van der Waals surface area (Å²) in [7, 11) is 0. The number of nitrogens with zero attached hydrogens (tertiary/aromatic N) is 1. The monoisotopic (exact) mass is 139 g/mol. The molecule has 0 aliphatic rings. The molecule has 1 rings (SSSR count). The van der Waals surface area contributed by atoms with E-state index in [0.29, 0.717) is 0 Å². The van der Waals surface area contributed by atoms with E-state index in [1.165, 1.54) is 0 Å². The van der Waals surface area contributed by atoms with Gasteiger partial charge in [-0.15, -0.1) is 0 Å². The van der Waals surface area contributed by atoms with Gasteiger partial charge in [-0.25, -0.2) is 4.98 Å². The number of aromatic amines is 1. The Morgan fingerprint density at radius 3 is 3.10 bits per heavy atom. The summed E-state index contributed by atoms with van der Waals surface area (Å²) in [6.45, 7) is 2.08. The molecule has 0 saturated carbocycles. The first-order valence-electron chi connectivity index (χ1n) is 3.56. The molecule has 3 N–H and O–H groups in total. The van der Waals surface area contributed by atoms with Crippen LogP contribution in [0.1, 0.15) is 19.2 Å². The van der Waals surface area contributed by atoms with E-state index in [1.807, 2.05) is 6.20 Å². The zero-order chi connectivity index (χ0) is 7.40. The molecule has 0 amide bonds. The first kappa shape index (κ1) is 7.28. The van der Waals surface area contributed by atoms with Crippen LogP contribution in [0.5, 0.6) is 0 Å². The number of H-pyrrole nitrogens is 1. The van der Waals surface area contributed by atoms with Crippen LogP contribution in [0.3, 0.4) is 0 Å². The van der Waals surface area contributed by atoms with Crippen molar-refractivity contribution >= 4 is 0 Å². The SMILES string of the molecule is CCC(N)Cc1ncc[nH]1. The third-order valence-corrected chi connectivity index (χ3v) is 1.53. The standard InChI is InChI=1S/C7H13N3/c1-2-6(8)5-7-9-3-4-10-7/h3-4,6H,2,5,8H2,1H3,(H,9,10). The second kappa shape index (κ2) is 3.37. The number of aromatic nitrogens is 2. The van der Waals surface area contributed by atoms with Crippen LogP contribution in [0.25, 0.3) is 0 Å². The molecule has 0 bridgehead atoms. The van der Waals surface area contributed by atoms with E-state index >= 15 is 0 Å². The third-order valence-electron chi connectivity index (χ3n) is 1.53. The summed E-state index contributed by atoms with van der Waals surface area (Å²) < 4.78 is 0. The highest BCUT2D eigenvalue weighted by molar-refractivity contribution is 4.89. The van der Waals surface area contributed by atoms with Crippen molar-refractivity contribution in [2.45, 2.75) is 25.8 Å². The zero-order valence-corrected chi connectivity index (χ0v) is 6.17. The van der Waals surface area contributed by atoms with Crippen LogP contribution >= 0.6 is 0 Å². The van der Waals surface area contributed by atoms with Gasteiger partial charge in [-0.1, -0.05) is 6.92 Å². The molecule has 0 saturated heterocycles. The number of nitrogens with one attached hydrogen (secondary N) is 1. The van der Waals surface area contributed by atoms with Gasteiger partial charge < -0.3 is 10.7 Å². The number of imidazole rings is 1. The molecular formula is C7H13N3. The Morgan fingerprint density at radius 1 is 1.80 bits per heavy atom. The summed E-state index contributed by atoms with van der Waals surface area (Å²) in [5, 5.41) is 0. The predicted molar refractivity (Wildman–Crippen MR) is 40.6 cm³/mol. The van der Waals surface area contributed by atoms with E-state index < -0.39 is 0 Å². The van der Waals surface area contributed by atoms with Gasteiger partial charge in [0.25, 0.3) is 0 Å². The number of hydrogen-bond donors (Lipinski definition) is 2. The molecule has 1 aromatic heterocycles. The molecule has 0 spiro atoms. The lowest BCUT2D eigenvalue weighted by Gasteiger charge is -2.04. The van der Waals surface area contributed by atoms with Crippen molar-refractivity contribution in [2.24, 2.45) is 5.73 Å². The normalized spacial score (nSPS) is 13.4. The quantitative estimate of drug-likeness (QED) is 0.647. The number of hydrogen-bond acceptors (Lipinski definition) is 2. The van der Waals surface area contributed by atoms with Crippen molar-refractivity contribution in [1.29, 1.82) is 0 Å². The van der Waals surface area contributed by atoms with E-state index in [-0.39, 0.29) is 6.04 Å². The molecule has 56 valence electrons. The van der Waals surface area contributed by atoms with Gasteiger partial charge >= 0.3 is 0 Å². The fraction of sp³-hybridized carbons (Fsp3) is 0.571. The van der Waals surface area contributed by atoms with Gasteiger partial charge in [0.05, 0.1) is 0 Å². The van der Waals surface area contributed by atoms with Crippen molar-refractivity contribution in [3.8, 4) is 0 Å². The van der Waals surface area contributed by atoms with Gasteiger partial charge in [0.2, 0.25) is 0 Å². The molecular weight excluding hydrogens is 126 g/mol. The van der Waals surface area contributed by atoms with E-state index in [9.17, 15) is 0 Å². The van der Waals surface area contributed by atoms with Crippen LogP contribution in [-0.2, 0) is 6.42 Å². The van der Waals surface area contributed by atoms with Crippen LogP contribution in [0.4, 0.5) is 0 Å². The summed E-state index contributed by atoms with van der Waals surface area (Å²) >= 11 is 0. The van der Waals surface area contributed by atoms with Crippen LogP contribution in [-0.4, -0.2) is 16.0 Å². The Balaban J connectivity index is 2.40. The molecule has 0 fully saturated rings. The highest BCUT2D eigenvalue weighted by Crippen LogP contribution is 1.96. The first-order valence-corrected chi connectivity index (χ1v) is 3.56. The maximum Gasteiger partial charge on any atom is 0.107 e. The van der Waals surface area contributed by atoms with Crippen molar-refractivity contribution in [3.63, 3.8) is 0 Å². The average Bonchev–Trinajstić information content (AvgIpc) is 2.40. The van der Waals surface area contributed by atoms with Gasteiger partial charge in [-0.3, -0.25) is 0 Å². The minimum Gasteiger partial charge on any atom is -0.349 e. The molecule has 0 radical (unpaired) electrons. The Labute approximate surface area is 60.7 Å². The van der Waals surface area contributed by atoms with Crippen molar-refractivity contribution < 1.29 is 0 Å². The minimum atomic E-state index is 0.242. The molecule has 1 aromatic rings. The summed E-state index contributed by atoms with van der Waals surface area (Å²) in [5.74, 6) is 0.981. The number of nitrogens with two attached hydrogens (primary N) is 1. The third kappa shape index (κ3) is 1.84. The van der Waals surface area contributed by atoms with Crippen molar-refractivity contribution in [3.05, 3.63) is 18.2 Å².